The number of rotatable bonds is 4. The number of nitrogens with zero attached hydrogens (tertiary/aromatic N) is 1. The number of piperidine rings is 2. The maximum absolute atomic E-state index is 13.2. The third kappa shape index (κ3) is 4.00. The van der Waals surface area contributed by atoms with Crippen molar-refractivity contribution in [1.29, 1.82) is 0 Å². The zero-order valence-electron chi connectivity index (χ0n) is 15.5. The van der Waals surface area contributed by atoms with Gasteiger partial charge in [0.1, 0.15) is 5.78 Å². The van der Waals surface area contributed by atoms with Crippen molar-refractivity contribution in [3.8, 4) is 0 Å². The average Bonchev–Trinajstić information content (AvgIpc) is 2.91. The number of carbonyl (C=O) groups is 1. The van der Waals surface area contributed by atoms with Gasteiger partial charge in [-0.15, -0.1) is 0 Å². The number of benzene rings is 1. The fourth-order valence-electron chi connectivity index (χ4n) is 5.66. The lowest BCUT2D eigenvalue weighted by Crippen LogP contribution is -2.53. The van der Waals surface area contributed by atoms with Crippen molar-refractivity contribution in [2.75, 3.05) is 0 Å². The maximum Gasteiger partial charge on any atom is 0.139 e. The SMILES string of the molecule is O=C(C1CCCCCC1)C1CC2CCCC(C1)N2Cc1ccccc1. The molecule has 1 aromatic carbocycles. The Bertz CT molecular complexity index is 547. The van der Waals surface area contributed by atoms with Crippen LogP contribution in [0.15, 0.2) is 30.3 Å². The van der Waals surface area contributed by atoms with E-state index in [0.717, 1.165) is 19.4 Å². The van der Waals surface area contributed by atoms with Crippen molar-refractivity contribution >= 4 is 5.78 Å². The van der Waals surface area contributed by atoms with Crippen LogP contribution in [0.4, 0.5) is 0 Å². The van der Waals surface area contributed by atoms with Crippen LogP contribution in [0.2, 0.25) is 0 Å². The van der Waals surface area contributed by atoms with Crippen LogP contribution < -0.4 is 0 Å². The Hall–Kier alpha value is -1.15. The molecule has 0 N–H and O–H groups in total. The molecule has 2 saturated heterocycles. The lowest BCUT2D eigenvalue weighted by molar-refractivity contribution is -0.131. The molecule has 25 heavy (non-hydrogen) atoms. The Morgan fingerprint density at radius 1 is 0.800 bits per heavy atom. The van der Waals surface area contributed by atoms with E-state index in [1.54, 1.807) is 0 Å². The summed E-state index contributed by atoms with van der Waals surface area (Å²) in [7, 11) is 0. The van der Waals surface area contributed by atoms with Crippen LogP contribution in [0.3, 0.4) is 0 Å². The topological polar surface area (TPSA) is 20.3 Å². The molecular formula is C23H33NO. The van der Waals surface area contributed by atoms with Gasteiger partial charge in [0.05, 0.1) is 0 Å². The number of hydrogen-bond acceptors (Lipinski definition) is 2. The first-order chi connectivity index (χ1) is 12.3. The summed E-state index contributed by atoms with van der Waals surface area (Å²) in [6.07, 6.45) is 13.7. The van der Waals surface area contributed by atoms with Crippen molar-refractivity contribution in [3.05, 3.63) is 35.9 Å². The molecule has 1 saturated carbocycles. The lowest BCUT2D eigenvalue weighted by atomic mass is 9.73. The predicted octanol–water partition coefficient (Wildman–Crippen LogP) is 5.36. The van der Waals surface area contributed by atoms with Gasteiger partial charge >= 0.3 is 0 Å². The van der Waals surface area contributed by atoms with Crippen LogP contribution in [-0.2, 0) is 11.3 Å². The van der Waals surface area contributed by atoms with Crippen molar-refractivity contribution in [3.63, 3.8) is 0 Å². The molecule has 1 aromatic rings. The molecule has 3 fully saturated rings. The number of carbonyl (C=O) groups excluding carboxylic acids is 1. The van der Waals surface area contributed by atoms with Crippen molar-refractivity contribution in [1.82, 2.24) is 4.90 Å². The molecule has 2 heterocycles. The second-order valence-electron chi connectivity index (χ2n) is 8.66. The van der Waals surface area contributed by atoms with Gasteiger partial charge in [0.2, 0.25) is 0 Å². The summed E-state index contributed by atoms with van der Waals surface area (Å²) in [5.41, 5.74) is 1.42. The van der Waals surface area contributed by atoms with E-state index >= 15 is 0 Å². The maximum atomic E-state index is 13.2. The quantitative estimate of drug-likeness (QED) is 0.688. The van der Waals surface area contributed by atoms with Gasteiger partial charge in [-0.3, -0.25) is 9.69 Å². The van der Waals surface area contributed by atoms with E-state index < -0.39 is 0 Å². The Morgan fingerprint density at radius 2 is 1.44 bits per heavy atom. The minimum absolute atomic E-state index is 0.352. The van der Waals surface area contributed by atoms with Crippen molar-refractivity contribution in [2.24, 2.45) is 11.8 Å². The Kier molecular flexibility index (Phi) is 5.55. The third-order valence-electron chi connectivity index (χ3n) is 6.99. The van der Waals surface area contributed by atoms with Gasteiger partial charge in [-0.05, 0) is 44.1 Å². The van der Waals surface area contributed by atoms with E-state index in [1.165, 1.54) is 63.4 Å². The predicted molar refractivity (Wildman–Crippen MR) is 102 cm³/mol. The fraction of sp³-hybridized carbons (Fsp3) is 0.696. The first-order valence-electron chi connectivity index (χ1n) is 10.6. The molecule has 1 aliphatic carbocycles. The molecule has 0 spiro atoms. The lowest BCUT2D eigenvalue weighted by Gasteiger charge is -2.49. The number of Topliss-reactive ketones (excluding diaryl/α,β-unsaturated/α-hetero) is 1. The molecule has 2 nitrogen and oxygen atoms in total. The second kappa shape index (κ2) is 8.03. The molecule has 2 atom stereocenters. The monoisotopic (exact) mass is 339 g/mol. The standard InChI is InChI=1S/C23H33NO/c25-23(19-11-6-1-2-7-12-19)20-15-21-13-8-14-22(16-20)24(21)17-18-9-4-3-5-10-18/h3-5,9-10,19-22H,1-2,6-8,11-17H2. The smallest absolute Gasteiger partial charge is 0.139 e. The van der Waals surface area contributed by atoms with Crippen molar-refractivity contribution in [2.45, 2.75) is 89.3 Å². The molecule has 4 rings (SSSR count). The molecule has 2 bridgehead atoms. The molecule has 0 radical (unpaired) electrons. The van der Waals surface area contributed by atoms with E-state index in [-0.39, 0.29) is 0 Å². The van der Waals surface area contributed by atoms with Crippen LogP contribution in [-0.4, -0.2) is 22.8 Å². The molecule has 0 amide bonds. The normalized spacial score (nSPS) is 31.4. The fourth-order valence-corrected chi connectivity index (χ4v) is 5.66. The van der Waals surface area contributed by atoms with Crippen LogP contribution in [0, 0.1) is 11.8 Å². The molecule has 3 aliphatic rings. The highest BCUT2D eigenvalue weighted by molar-refractivity contribution is 5.83. The first-order valence-corrected chi connectivity index (χ1v) is 10.6. The van der Waals surface area contributed by atoms with Crippen molar-refractivity contribution < 1.29 is 4.79 Å². The zero-order chi connectivity index (χ0) is 17.1. The number of hydrogen-bond donors (Lipinski definition) is 0. The second-order valence-corrected chi connectivity index (χ2v) is 8.66. The van der Waals surface area contributed by atoms with Crippen LogP contribution in [0.5, 0.6) is 0 Å². The molecular weight excluding hydrogens is 306 g/mol. The summed E-state index contributed by atoms with van der Waals surface area (Å²) in [5, 5.41) is 0. The summed E-state index contributed by atoms with van der Waals surface area (Å²) in [4.78, 5) is 15.9. The minimum Gasteiger partial charge on any atom is -0.299 e. The average molecular weight is 340 g/mol. The Labute approximate surface area is 153 Å². The van der Waals surface area contributed by atoms with E-state index in [4.69, 9.17) is 0 Å². The van der Waals surface area contributed by atoms with E-state index in [0.29, 0.717) is 29.7 Å². The van der Waals surface area contributed by atoms with E-state index in [1.807, 2.05) is 0 Å². The number of ketones is 1. The van der Waals surface area contributed by atoms with Gasteiger partial charge in [0, 0.05) is 30.5 Å². The summed E-state index contributed by atoms with van der Waals surface area (Å²) in [6, 6.07) is 12.2. The van der Waals surface area contributed by atoms with E-state index in [2.05, 4.69) is 35.2 Å². The molecule has 2 unspecified atom stereocenters. The summed E-state index contributed by atoms with van der Waals surface area (Å²) < 4.78 is 0. The largest absolute Gasteiger partial charge is 0.299 e. The highest BCUT2D eigenvalue weighted by Crippen LogP contribution is 2.40. The highest BCUT2D eigenvalue weighted by atomic mass is 16.1. The third-order valence-corrected chi connectivity index (χ3v) is 6.99. The Morgan fingerprint density at radius 3 is 2.08 bits per heavy atom. The van der Waals surface area contributed by atoms with Crippen LogP contribution in [0.1, 0.15) is 76.2 Å². The van der Waals surface area contributed by atoms with Crippen LogP contribution >= 0.6 is 0 Å². The molecule has 2 aliphatic heterocycles. The number of fused-ring (bicyclic) bond motifs is 2. The van der Waals surface area contributed by atoms with Gasteiger partial charge in [-0.25, -0.2) is 0 Å². The van der Waals surface area contributed by atoms with Gasteiger partial charge in [-0.2, -0.15) is 0 Å². The van der Waals surface area contributed by atoms with Gasteiger partial charge in [-0.1, -0.05) is 62.4 Å². The molecule has 136 valence electrons. The first kappa shape index (κ1) is 17.3. The minimum atomic E-state index is 0.352. The van der Waals surface area contributed by atoms with Crippen LogP contribution in [0.25, 0.3) is 0 Å². The zero-order valence-corrected chi connectivity index (χ0v) is 15.5. The Balaban J connectivity index is 1.42. The van der Waals surface area contributed by atoms with Gasteiger partial charge < -0.3 is 0 Å². The summed E-state index contributed by atoms with van der Waals surface area (Å²) in [5.74, 6) is 1.37. The molecule has 2 heteroatoms. The van der Waals surface area contributed by atoms with E-state index in [9.17, 15) is 4.79 Å². The summed E-state index contributed by atoms with van der Waals surface area (Å²) in [6.45, 7) is 1.07. The summed E-state index contributed by atoms with van der Waals surface area (Å²) >= 11 is 0. The highest BCUT2D eigenvalue weighted by Gasteiger charge is 2.41. The van der Waals surface area contributed by atoms with Gasteiger partial charge in [0.15, 0.2) is 0 Å². The molecule has 0 aromatic heterocycles. The van der Waals surface area contributed by atoms with Gasteiger partial charge in [0.25, 0.3) is 0 Å².